The van der Waals surface area contributed by atoms with Crippen molar-refractivity contribution >= 4 is 12.2 Å². The molecular weight excluding hydrogens is 324 g/mol. The van der Waals surface area contributed by atoms with Crippen LogP contribution in [0.15, 0.2) is 30.3 Å². The van der Waals surface area contributed by atoms with Crippen LogP contribution in [0.2, 0.25) is 0 Å². The molecule has 1 aliphatic rings. The minimum absolute atomic E-state index is 0.240. The van der Waals surface area contributed by atoms with Gasteiger partial charge in [0, 0.05) is 6.54 Å². The molecule has 0 aliphatic carbocycles. The van der Waals surface area contributed by atoms with Gasteiger partial charge in [-0.25, -0.2) is 9.59 Å². The topological polar surface area (TPSA) is 99.1 Å². The van der Waals surface area contributed by atoms with Crippen LogP contribution in [0.1, 0.15) is 32.8 Å². The number of hydrogen-bond acceptors (Lipinski definition) is 4. The highest BCUT2D eigenvalue weighted by Crippen LogP contribution is 2.22. The van der Waals surface area contributed by atoms with Crippen LogP contribution in [0, 0.1) is 0 Å². The summed E-state index contributed by atoms with van der Waals surface area (Å²) in [6, 6.07) is 8.20. The quantitative estimate of drug-likeness (QED) is 0.776. The zero-order valence-electron chi connectivity index (χ0n) is 14.8. The van der Waals surface area contributed by atoms with E-state index in [0.29, 0.717) is 12.8 Å². The second kappa shape index (κ2) is 7.74. The van der Waals surface area contributed by atoms with E-state index in [0.717, 1.165) is 5.56 Å². The van der Waals surface area contributed by atoms with Gasteiger partial charge in [-0.3, -0.25) is 0 Å². The molecule has 138 valence electrons. The number of likely N-dealkylation sites (tertiary alicyclic amines) is 1. The predicted molar refractivity (Wildman–Crippen MR) is 92.4 cm³/mol. The number of hydrogen-bond donors (Lipinski definition) is 3. The molecule has 1 unspecified atom stereocenters. The highest BCUT2D eigenvalue weighted by atomic mass is 16.6. The van der Waals surface area contributed by atoms with Crippen LogP contribution in [0.3, 0.4) is 0 Å². The normalized spacial score (nSPS) is 23.8. The molecule has 7 heteroatoms. The molecule has 0 saturated carbocycles. The first-order chi connectivity index (χ1) is 11.7. The number of rotatable bonds is 3. The average molecular weight is 350 g/mol. The van der Waals surface area contributed by atoms with E-state index in [9.17, 15) is 19.8 Å². The summed E-state index contributed by atoms with van der Waals surface area (Å²) < 4.78 is 5.23. The van der Waals surface area contributed by atoms with E-state index >= 15 is 0 Å². The van der Waals surface area contributed by atoms with Gasteiger partial charge in [0.1, 0.15) is 5.60 Å². The Labute approximate surface area is 147 Å². The first kappa shape index (κ1) is 19.1. The maximum absolute atomic E-state index is 12.0. The Balaban J connectivity index is 2.10. The summed E-state index contributed by atoms with van der Waals surface area (Å²) in [5.74, 6) is 0. The maximum Gasteiger partial charge on any atom is 0.407 e. The molecule has 1 fully saturated rings. The Morgan fingerprint density at radius 3 is 2.48 bits per heavy atom. The summed E-state index contributed by atoms with van der Waals surface area (Å²) in [6.45, 7) is 5.51. The zero-order valence-corrected chi connectivity index (χ0v) is 14.8. The monoisotopic (exact) mass is 350 g/mol. The Kier molecular flexibility index (Phi) is 5.89. The molecular formula is C18H26N2O5. The van der Waals surface area contributed by atoms with Gasteiger partial charge < -0.3 is 25.2 Å². The summed E-state index contributed by atoms with van der Waals surface area (Å²) in [6.07, 6.45) is -1.99. The fraction of sp³-hybridized carbons (Fsp3) is 0.556. The molecule has 3 atom stereocenters. The number of carbonyl (C=O) groups excluding carboxylic acids is 1. The molecule has 0 spiro atoms. The van der Waals surface area contributed by atoms with Crippen molar-refractivity contribution in [2.75, 3.05) is 6.54 Å². The molecule has 2 amide bonds. The smallest absolute Gasteiger partial charge is 0.407 e. The van der Waals surface area contributed by atoms with Crippen molar-refractivity contribution in [3.05, 3.63) is 35.9 Å². The van der Waals surface area contributed by atoms with Gasteiger partial charge in [0.05, 0.1) is 18.2 Å². The Morgan fingerprint density at radius 2 is 1.92 bits per heavy atom. The summed E-state index contributed by atoms with van der Waals surface area (Å²) in [7, 11) is 0. The zero-order chi connectivity index (χ0) is 18.6. The standard InChI is InChI=1S/C18H26N2O5/c1-18(2,3)25-16(22)19-13-9-10-20(17(23)24)14(15(13)21)11-12-7-5-4-6-8-12/h4-8,13-15,21H,9-11H2,1-3H3,(H,19,22)(H,23,24)/t13-,14?,15-/m1/s1. The first-order valence-electron chi connectivity index (χ1n) is 8.38. The van der Waals surface area contributed by atoms with E-state index in [1.807, 2.05) is 30.3 Å². The molecule has 0 aromatic heterocycles. The van der Waals surface area contributed by atoms with E-state index in [1.165, 1.54) is 4.90 Å². The number of carbonyl (C=O) groups is 2. The second-order valence-electron chi connectivity index (χ2n) is 7.27. The third-order valence-electron chi connectivity index (χ3n) is 4.12. The molecule has 1 aromatic rings. The molecule has 1 aromatic carbocycles. The fourth-order valence-electron chi connectivity index (χ4n) is 3.01. The first-order valence-corrected chi connectivity index (χ1v) is 8.38. The summed E-state index contributed by atoms with van der Waals surface area (Å²) >= 11 is 0. The number of nitrogens with one attached hydrogen (secondary N) is 1. The van der Waals surface area contributed by atoms with Crippen molar-refractivity contribution in [3.8, 4) is 0 Å². The van der Waals surface area contributed by atoms with Crippen LogP contribution in [0.25, 0.3) is 0 Å². The van der Waals surface area contributed by atoms with E-state index in [2.05, 4.69) is 5.32 Å². The van der Waals surface area contributed by atoms with Crippen molar-refractivity contribution in [2.24, 2.45) is 0 Å². The van der Waals surface area contributed by atoms with E-state index in [-0.39, 0.29) is 6.54 Å². The van der Waals surface area contributed by atoms with Gasteiger partial charge in [0.2, 0.25) is 0 Å². The highest BCUT2D eigenvalue weighted by molar-refractivity contribution is 5.69. The van der Waals surface area contributed by atoms with Gasteiger partial charge in [-0.2, -0.15) is 0 Å². The largest absolute Gasteiger partial charge is 0.465 e. The fourth-order valence-corrected chi connectivity index (χ4v) is 3.01. The van der Waals surface area contributed by atoms with Crippen LogP contribution in [0.4, 0.5) is 9.59 Å². The number of ether oxygens (including phenoxy) is 1. The number of benzene rings is 1. The molecule has 1 saturated heterocycles. The lowest BCUT2D eigenvalue weighted by Gasteiger charge is -2.42. The number of nitrogens with zero attached hydrogens (tertiary/aromatic N) is 1. The maximum atomic E-state index is 12.0. The number of amides is 2. The van der Waals surface area contributed by atoms with Crippen molar-refractivity contribution in [2.45, 2.75) is 57.4 Å². The van der Waals surface area contributed by atoms with E-state index in [1.54, 1.807) is 20.8 Å². The van der Waals surface area contributed by atoms with Gasteiger partial charge in [-0.15, -0.1) is 0 Å². The lowest BCUT2D eigenvalue weighted by Crippen LogP contribution is -2.61. The third kappa shape index (κ3) is 5.35. The van der Waals surface area contributed by atoms with Crippen LogP contribution < -0.4 is 5.32 Å². The van der Waals surface area contributed by atoms with Crippen LogP contribution >= 0.6 is 0 Å². The number of aliphatic hydroxyl groups excluding tert-OH is 1. The van der Waals surface area contributed by atoms with Crippen LogP contribution in [-0.4, -0.2) is 57.6 Å². The predicted octanol–water partition coefficient (Wildman–Crippen LogP) is 2.24. The Hall–Kier alpha value is -2.28. The molecule has 1 aliphatic heterocycles. The second-order valence-corrected chi connectivity index (χ2v) is 7.27. The van der Waals surface area contributed by atoms with Gasteiger partial charge in [-0.1, -0.05) is 30.3 Å². The SMILES string of the molecule is CC(C)(C)OC(=O)N[C@@H]1CCN(C(=O)O)C(Cc2ccccc2)[C@@H]1O. The van der Waals surface area contributed by atoms with Gasteiger partial charge in [0.25, 0.3) is 0 Å². The van der Waals surface area contributed by atoms with Crippen LogP contribution in [-0.2, 0) is 11.2 Å². The van der Waals surface area contributed by atoms with Crippen molar-refractivity contribution in [3.63, 3.8) is 0 Å². The molecule has 0 bridgehead atoms. The summed E-state index contributed by atoms with van der Waals surface area (Å²) in [5.41, 5.74) is 0.288. The summed E-state index contributed by atoms with van der Waals surface area (Å²) in [5, 5.41) is 22.8. The number of aliphatic hydroxyl groups is 1. The Bertz CT molecular complexity index is 599. The van der Waals surface area contributed by atoms with Crippen molar-refractivity contribution < 1.29 is 24.5 Å². The van der Waals surface area contributed by atoms with Gasteiger partial charge in [-0.05, 0) is 39.2 Å². The number of carboxylic acid groups (broad SMARTS) is 1. The Morgan fingerprint density at radius 1 is 1.28 bits per heavy atom. The van der Waals surface area contributed by atoms with Gasteiger partial charge >= 0.3 is 12.2 Å². The van der Waals surface area contributed by atoms with Crippen molar-refractivity contribution in [1.82, 2.24) is 10.2 Å². The number of alkyl carbamates (subject to hydrolysis) is 1. The summed E-state index contributed by atoms with van der Waals surface area (Å²) in [4.78, 5) is 24.7. The van der Waals surface area contributed by atoms with Crippen molar-refractivity contribution in [1.29, 1.82) is 0 Å². The molecule has 3 N–H and O–H groups in total. The lowest BCUT2D eigenvalue weighted by molar-refractivity contribution is -0.0113. The lowest BCUT2D eigenvalue weighted by atomic mass is 9.89. The molecule has 2 rings (SSSR count). The van der Waals surface area contributed by atoms with Gasteiger partial charge in [0.15, 0.2) is 0 Å². The van der Waals surface area contributed by atoms with Crippen LogP contribution in [0.5, 0.6) is 0 Å². The molecule has 0 radical (unpaired) electrons. The number of piperidine rings is 1. The van der Waals surface area contributed by atoms with E-state index < -0.39 is 36.0 Å². The highest BCUT2D eigenvalue weighted by Gasteiger charge is 2.40. The molecule has 1 heterocycles. The minimum atomic E-state index is -1.07. The molecule has 25 heavy (non-hydrogen) atoms. The average Bonchev–Trinajstić information content (AvgIpc) is 2.50. The minimum Gasteiger partial charge on any atom is -0.465 e. The third-order valence-corrected chi connectivity index (χ3v) is 4.12. The molecule has 7 nitrogen and oxygen atoms in total. The van der Waals surface area contributed by atoms with E-state index in [4.69, 9.17) is 4.74 Å².